The Bertz CT molecular complexity index is 1060. The number of ether oxygens (including phenoxy) is 2. The normalized spacial score (nSPS) is 10.5. The number of carbonyl (C=O) groups excluding carboxylic acids is 2. The van der Waals surface area contributed by atoms with Crippen molar-refractivity contribution < 1.29 is 19.1 Å². The van der Waals surface area contributed by atoms with Crippen LogP contribution in [0, 0.1) is 0 Å². The van der Waals surface area contributed by atoms with Gasteiger partial charge in [-0.1, -0.05) is 24.3 Å². The van der Waals surface area contributed by atoms with E-state index >= 15 is 0 Å². The van der Waals surface area contributed by atoms with Crippen molar-refractivity contribution in [2.45, 2.75) is 6.54 Å². The maximum absolute atomic E-state index is 12.4. The lowest BCUT2D eigenvalue weighted by Crippen LogP contribution is -2.30. The lowest BCUT2D eigenvalue weighted by molar-refractivity contribution is -0.133. The Morgan fingerprint density at radius 1 is 0.900 bits per heavy atom. The SMILES string of the molecule is COc1ccc2cc(CN(C)C(=O)COC(=O)c3cccc(N(C)C)c3)ccc2c1. The molecule has 0 spiro atoms. The second-order valence-corrected chi connectivity index (χ2v) is 7.32. The molecule has 0 saturated heterocycles. The predicted octanol–water partition coefficient (Wildman–Crippen LogP) is 3.73. The van der Waals surface area contributed by atoms with Crippen LogP contribution in [0.1, 0.15) is 15.9 Å². The topological polar surface area (TPSA) is 59.1 Å². The van der Waals surface area contributed by atoms with Gasteiger partial charge in [0.15, 0.2) is 6.61 Å². The molecule has 0 saturated carbocycles. The zero-order valence-electron chi connectivity index (χ0n) is 17.7. The standard InChI is InChI=1S/C24H26N2O4/c1-25(2)21-7-5-6-20(13-21)24(28)30-16-23(27)26(3)15-17-8-9-19-14-22(29-4)11-10-18(19)12-17/h5-14H,15-16H2,1-4H3. The number of methoxy groups -OCH3 is 1. The monoisotopic (exact) mass is 406 g/mol. The first-order chi connectivity index (χ1) is 14.4. The average molecular weight is 406 g/mol. The predicted molar refractivity (Wildman–Crippen MR) is 118 cm³/mol. The van der Waals surface area contributed by atoms with Crippen molar-refractivity contribution in [2.24, 2.45) is 0 Å². The number of hydrogen-bond acceptors (Lipinski definition) is 5. The Labute approximate surface area is 176 Å². The fourth-order valence-corrected chi connectivity index (χ4v) is 3.09. The Kier molecular flexibility index (Phi) is 6.57. The maximum Gasteiger partial charge on any atom is 0.338 e. The second kappa shape index (κ2) is 9.31. The molecule has 6 nitrogen and oxygen atoms in total. The molecule has 1 amide bonds. The van der Waals surface area contributed by atoms with Gasteiger partial charge in [-0.2, -0.15) is 0 Å². The van der Waals surface area contributed by atoms with Gasteiger partial charge < -0.3 is 19.3 Å². The molecule has 0 atom stereocenters. The summed E-state index contributed by atoms with van der Waals surface area (Å²) in [4.78, 5) is 28.2. The lowest BCUT2D eigenvalue weighted by Gasteiger charge is -2.18. The van der Waals surface area contributed by atoms with Gasteiger partial charge in [0, 0.05) is 33.4 Å². The zero-order valence-corrected chi connectivity index (χ0v) is 17.7. The van der Waals surface area contributed by atoms with E-state index in [1.807, 2.05) is 61.5 Å². The molecule has 0 aliphatic carbocycles. The first kappa shape index (κ1) is 21.2. The first-order valence-electron chi connectivity index (χ1n) is 9.62. The summed E-state index contributed by atoms with van der Waals surface area (Å²) in [5.74, 6) is 0.0301. The highest BCUT2D eigenvalue weighted by atomic mass is 16.5. The van der Waals surface area contributed by atoms with E-state index in [4.69, 9.17) is 9.47 Å². The molecule has 0 fully saturated rings. The third-order valence-electron chi connectivity index (χ3n) is 4.88. The van der Waals surface area contributed by atoms with E-state index in [0.29, 0.717) is 12.1 Å². The van der Waals surface area contributed by atoms with Crippen molar-refractivity contribution in [3.05, 3.63) is 71.8 Å². The maximum atomic E-state index is 12.4. The van der Waals surface area contributed by atoms with Gasteiger partial charge in [-0.25, -0.2) is 4.79 Å². The number of esters is 1. The summed E-state index contributed by atoms with van der Waals surface area (Å²) in [7, 11) is 7.13. The second-order valence-electron chi connectivity index (χ2n) is 7.32. The zero-order chi connectivity index (χ0) is 21.7. The molecule has 0 unspecified atom stereocenters. The minimum absolute atomic E-state index is 0.262. The van der Waals surface area contributed by atoms with E-state index in [1.54, 1.807) is 37.3 Å². The van der Waals surface area contributed by atoms with Gasteiger partial charge >= 0.3 is 5.97 Å². The first-order valence-corrected chi connectivity index (χ1v) is 9.62. The van der Waals surface area contributed by atoms with Crippen molar-refractivity contribution in [1.29, 1.82) is 0 Å². The molecule has 30 heavy (non-hydrogen) atoms. The number of rotatable bonds is 7. The van der Waals surface area contributed by atoms with Crippen LogP contribution in [0.2, 0.25) is 0 Å². The summed E-state index contributed by atoms with van der Waals surface area (Å²) >= 11 is 0. The molecule has 156 valence electrons. The Morgan fingerprint density at radius 3 is 2.37 bits per heavy atom. The van der Waals surface area contributed by atoms with Crippen molar-refractivity contribution in [3.63, 3.8) is 0 Å². The molecule has 0 aliphatic rings. The minimum atomic E-state index is -0.514. The molecule has 0 aromatic heterocycles. The third-order valence-corrected chi connectivity index (χ3v) is 4.88. The largest absolute Gasteiger partial charge is 0.497 e. The molecule has 3 rings (SSSR count). The lowest BCUT2D eigenvalue weighted by atomic mass is 10.1. The van der Waals surface area contributed by atoms with Crippen molar-refractivity contribution in [2.75, 3.05) is 39.8 Å². The molecular weight excluding hydrogens is 380 g/mol. The van der Waals surface area contributed by atoms with Gasteiger partial charge in [0.25, 0.3) is 5.91 Å². The molecular formula is C24H26N2O4. The van der Waals surface area contributed by atoms with Gasteiger partial charge in [0.2, 0.25) is 0 Å². The van der Waals surface area contributed by atoms with Crippen LogP contribution >= 0.6 is 0 Å². The molecule has 0 bridgehead atoms. The number of benzene rings is 3. The van der Waals surface area contributed by atoms with E-state index in [0.717, 1.165) is 27.8 Å². The Hall–Kier alpha value is -3.54. The number of carbonyl (C=O) groups is 2. The number of likely N-dealkylation sites (N-methyl/N-ethyl adjacent to an activating group) is 1. The van der Waals surface area contributed by atoms with Crippen LogP contribution in [-0.2, 0) is 16.1 Å². The van der Waals surface area contributed by atoms with Crippen LogP contribution in [0.5, 0.6) is 5.75 Å². The van der Waals surface area contributed by atoms with Gasteiger partial charge in [-0.15, -0.1) is 0 Å². The van der Waals surface area contributed by atoms with Crippen LogP contribution in [0.25, 0.3) is 10.8 Å². The van der Waals surface area contributed by atoms with Gasteiger partial charge in [0.1, 0.15) is 5.75 Å². The highest BCUT2D eigenvalue weighted by molar-refractivity contribution is 5.92. The van der Waals surface area contributed by atoms with Crippen LogP contribution in [0.4, 0.5) is 5.69 Å². The van der Waals surface area contributed by atoms with Gasteiger partial charge in [0.05, 0.1) is 12.7 Å². The third kappa shape index (κ3) is 5.08. The molecule has 6 heteroatoms. The summed E-state index contributed by atoms with van der Waals surface area (Å²) < 4.78 is 10.5. The molecule has 0 N–H and O–H groups in total. The number of nitrogens with zero attached hydrogens (tertiary/aromatic N) is 2. The minimum Gasteiger partial charge on any atom is -0.497 e. The fourth-order valence-electron chi connectivity index (χ4n) is 3.09. The number of hydrogen-bond donors (Lipinski definition) is 0. The molecule has 3 aromatic rings. The van der Waals surface area contributed by atoms with Crippen molar-refractivity contribution in [3.8, 4) is 5.75 Å². The molecule has 0 heterocycles. The van der Waals surface area contributed by atoms with Crippen molar-refractivity contribution >= 4 is 28.3 Å². The highest BCUT2D eigenvalue weighted by Gasteiger charge is 2.15. The summed E-state index contributed by atoms with van der Waals surface area (Å²) in [6.45, 7) is 0.126. The highest BCUT2D eigenvalue weighted by Crippen LogP contribution is 2.22. The van der Waals surface area contributed by atoms with E-state index in [2.05, 4.69) is 0 Å². The number of fused-ring (bicyclic) bond motifs is 1. The van der Waals surface area contributed by atoms with E-state index in [1.165, 1.54) is 0 Å². The van der Waals surface area contributed by atoms with E-state index in [-0.39, 0.29) is 12.5 Å². The van der Waals surface area contributed by atoms with Crippen molar-refractivity contribution in [1.82, 2.24) is 4.90 Å². The van der Waals surface area contributed by atoms with Gasteiger partial charge in [-0.05, 0) is 52.7 Å². The summed E-state index contributed by atoms with van der Waals surface area (Å²) in [6.07, 6.45) is 0. The fraction of sp³-hybridized carbons (Fsp3) is 0.250. The molecule has 3 aromatic carbocycles. The number of anilines is 1. The van der Waals surface area contributed by atoms with Crippen LogP contribution in [-0.4, -0.2) is 51.6 Å². The Balaban J connectivity index is 1.58. The van der Waals surface area contributed by atoms with Gasteiger partial charge in [-0.3, -0.25) is 4.79 Å². The average Bonchev–Trinajstić information content (AvgIpc) is 2.76. The van der Waals surface area contributed by atoms with Crippen LogP contribution < -0.4 is 9.64 Å². The summed E-state index contributed by atoms with van der Waals surface area (Å²) in [6, 6.07) is 19.0. The van der Waals surface area contributed by atoms with E-state index < -0.39 is 5.97 Å². The van der Waals surface area contributed by atoms with Crippen LogP contribution in [0.3, 0.4) is 0 Å². The van der Waals surface area contributed by atoms with E-state index in [9.17, 15) is 9.59 Å². The van der Waals surface area contributed by atoms with Crippen LogP contribution in [0.15, 0.2) is 60.7 Å². The summed E-state index contributed by atoms with van der Waals surface area (Å²) in [5.41, 5.74) is 2.30. The quantitative estimate of drug-likeness (QED) is 0.560. The summed E-state index contributed by atoms with van der Waals surface area (Å²) in [5, 5.41) is 2.14. The molecule has 0 radical (unpaired) electrons. The number of amides is 1. The molecule has 0 aliphatic heterocycles. The Morgan fingerprint density at radius 2 is 1.63 bits per heavy atom. The smallest absolute Gasteiger partial charge is 0.338 e.